The molecule has 1 atom stereocenters. The molecule has 0 saturated heterocycles. The van der Waals surface area contributed by atoms with Crippen LogP contribution < -0.4 is 0 Å². The van der Waals surface area contributed by atoms with Crippen molar-refractivity contribution in [1.29, 1.82) is 0 Å². The minimum Gasteiger partial charge on any atom is -0.348 e. The molecule has 30 heavy (non-hydrogen) atoms. The Hall–Kier alpha value is -3.48. The van der Waals surface area contributed by atoms with Gasteiger partial charge in [-0.25, -0.2) is 13.9 Å². The number of hydrogen-bond acceptors (Lipinski definition) is 3. The van der Waals surface area contributed by atoms with Gasteiger partial charge in [-0.2, -0.15) is 5.10 Å². The zero-order chi connectivity index (χ0) is 20.8. The fourth-order valence-corrected chi connectivity index (χ4v) is 4.20. The highest BCUT2D eigenvalue weighted by molar-refractivity contribution is 5.93. The number of aryl methyl sites for hydroxylation is 1. The first-order valence-electron chi connectivity index (χ1n) is 10.2. The lowest BCUT2D eigenvalue weighted by Gasteiger charge is -2.34. The number of carbonyl (C=O) groups excluding carboxylic acids is 1. The molecule has 0 spiro atoms. The molecular weight excluding hydrogens is 381 g/mol. The molecule has 3 aromatic heterocycles. The number of aromatic nitrogens is 4. The number of benzene rings is 1. The van der Waals surface area contributed by atoms with Crippen molar-refractivity contribution in [3.8, 4) is 11.3 Å². The van der Waals surface area contributed by atoms with Gasteiger partial charge < -0.3 is 9.47 Å². The molecule has 1 amide bonds. The summed E-state index contributed by atoms with van der Waals surface area (Å²) in [5, 5.41) is 4.55. The maximum Gasteiger partial charge on any atom is 0.273 e. The molecule has 1 aliphatic rings. The van der Waals surface area contributed by atoms with Crippen molar-refractivity contribution in [2.45, 2.75) is 32.9 Å². The Morgan fingerprint density at radius 2 is 2.00 bits per heavy atom. The van der Waals surface area contributed by atoms with Gasteiger partial charge in [0.25, 0.3) is 5.91 Å². The second-order valence-electron chi connectivity index (χ2n) is 7.57. The minimum absolute atomic E-state index is 0.0248. The summed E-state index contributed by atoms with van der Waals surface area (Å²) in [4.78, 5) is 19.8. The van der Waals surface area contributed by atoms with Crippen LogP contribution in [0.2, 0.25) is 0 Å². The summed E-state index contributed by atoms with van der Waals surface area (Å²) in [6.45, 7) is 5.45. The molecule has 1 aliphatic heterocycles. The Bertz CT molecular complexity index is 1260. The number of amides is 1. The number of carbonyl (C=O) groups is 1. The first kappa shape index (κ1) is 18.5. The predicted molar refractivity (Wildman–Crippen MR) is 112 cm³/mol. The van der Waals surface area contributed by atoms with E-state index in [1.165, 1.54) is 6.07 Å². The molecule has 0 aliphatic carbocycles. The summed E-state index contributed by atoms with van der Waals surface area (Å²) < 4.78 is 18.1. The third-order valence-corrected chi connectivity index (χ3v) is 5.83. The largest absolute Gasteiger partial charge is 0.348 e. The van der Waals surface area contributed by atoms with Gasteiger partial charge in [-0.05, 0) is 43.7 Å². The Kier molecular flexibility index (Phi) is 4.38. The molecule has 0 radical (unpaired) electrons. The predicted octanol–water partition coefficient (Wildman–Crippen LogP) is 4.12. The third kappa shape index (κ3) is 2.89. The van der Waals surface area contributed by atoms with Gasteiger partial charge in [-0.15, -0.1) is 0 Å². The lowest BCUT2D eigenvalue weighted by molar-refractivity contribution is 0.0638. The standard InChI is InChI=1S/C23H22FN5O/c1-3-16-13-20(23(30)28-12-11-27-10-6-9-21(27)15(28)2)25-22-14-19(26-29(16)22)17-7-4-5-8-18(17)24/h4-10,13-15H,3,11-12H2,1-2H3. The van der Waals surface area contributed by atoms with E-state index in [1.807, 2.05) is 31.0 Å². The maximum atomic E-state index is 14.2. The SMILES string of the molecule is CCc1cc(C(=O)N2CCn3cccc3C2C)nc2cc(-c3ccccc3F)nn12. The van der Waals surface area contributed by atoms with Crippen molar-refractivity contribution in [3.63, 3.8) is 0 Å². The highest BCUT2D eigenvalue weighted by Crippen LogP contribution is 2.28. The number of hydrogen-bond donors (Lipinski definition) is 0. The van der Waals surface area contributed by atoms with Crippen molar-refractivity contribution in [3.05, 3.63) is 77.6 Å². The van der Waals surface area contributed by atoms with Crippen LogP contribution in [0.3, 0.4) is 0 Å². The molecule has 1 aromatic carbocycles. The molecule has 152 valence electrons. The van der Waals surface area contributed by atoms with Crippen molar-refractivity contribution in [1.82, 2.24) is 24.1 Å². The average Bonchev–Trinajstić information content (AvgIpc) is 3.40. The zero-order valence-electron chi connectivity index (χ0n) is 16.9. The Labute approximate surface area is 173 Å². The summed E-state index contributed by atoms with van der Waals surface area (Å²) in [5.74, 6) is -0.429. The van der Waals surface area contributed by atoms with Gasteiger partial charge in [0.1, 0.15) is 11.5 Å². The quantitative estimate of drug-likeness (QED) is 0.517. The van der Waals surface area contributed by atoms with Crippen LogP contribution in [0.15, 0.2) is 54.7 Å². The van der Waals surface area contributed by atoms with E-state index >= 15 is 0 Å². The van der Waals surface area contributed by atoms with Gasteiger partial charge in [0.2, 0.25) is 0 Å². The van der Waals surface area contributed by atoms with E-state index in [0.717, 1.165) is 17.9 Å². The van der Waals surface area contributed by atoms with E-state index in [9.17, 15) is 9.18 Å². The van der Waals surface area contributed by atoms with Crippen molar-refractivity contribution >= 4 is 11.6 Å². The molecule has 7 heteroatoms. The third-order valence-electron chi connectivity index (χ3n) is 5.83. The van der Waals surface area contributed by atoms with Gasteiger partial charge >= 0.3 is 0 Å². The fraction of sp³-hybridized carbons (Fsp3) is 0.261. The molecule has 4 heterocycles. The topological polar surface area (TPSA) is 55.4 Å². The maximum absolute atomic E-state index is 14.2. The Balaban J connectivity index is 1.55. The minimum atomic E-state index is -0.333. The van der Waals surface area contributed by atoms with Gasteiger partial charge in [-0.1, -0.05) is 19.1 Å². The normalized spacial score (nSPS) is 16.1. The van der Waals surface area contributed by atoms with Crippen LogP contribution in [-0.4, -0.2) is 36.5 Å². The second-order valence-corrected chi connectivity index (χ2v) is 7.57. The molecule has 1 unspecified atom stereocenters. The van der Waals surface area contributed by atoms with Crippen LogP contribution >= 0.6 is 0 Å². The van der Waals surface area contributed by atoms with Crippen LogP contribution in [-0.2, 0) is 13.0 Å². The number of rotatable bonds is 3. The lowest BCUT2D eigenvalue weighted by Crippen LogP contribution is -2.41. The molecule has 0 fully saturated rings. The molecular formula is C23H22FN5O. The van der Waals surface area contributed by atoms with Crippen LogP contribution in [0.25, 0.3) is 16.9 Å². The molecule has 0 saturated carbocycles. The fourth-order valence-electron chi connectivity index (χ4n) is 4.20. The van der Waals surface area contributed by atoms with Crippen LogP contribution in [0.5, 0.6) is 0 Å². The van der Waals surface area contributed by atoms with Crippen LogP contribution in [0, 0.1) is 5.82 Å². The Morgan fingerprint density at radius 1 is 1.17 bits per heavy atom. The van der Waals surface area contributed by atoms with Gasteiger partial charge in [0.05, 0.1) is 11.7 Å². The molecule has 5 rings (SSSR count). The zero-order valence-corrected chi connectivity index (χ0v) is 16.9. The van der Waals surface area contributed by atoms with Crippen molar-refractivity contribution < 1.29 is 9.18 Å². The van der Waals surface area contributed by atoms with Crippen LogP contribution in [0.4, 0.5) is 4.39 Å². The summed E-state index contributed by atoms with van der Waals surface area (Å²) in [5.41, 5.74) is 3.85. The summed E-state index contributed by atoms with van der Waals surface area (Å²) in [6, 6.07) is 14.1. The first-order chi connectivity index (χ1) is 14.6. The second kappa shape index (κ2) is 7.09. The van der Waals surface area contributed by atoms with E-state index < -0.39 is 0 Å². The number of halogens is 1. The molecule has 0 N–H and O–H groups in total. The number of fused-ring (bicyclic) bond motifs is 2. The smallest absolute Gasteiger partial charge is 0.273 e. The van der Waals surface area contributed by atoms with E-state index in [-0.39, 0.29) is 17.8 Å². The average molecular weight is 403 g/mol. The van der Waals surface area contributed by atoms with E-state index in [4.69, 9.17) is 0 Å². The van der Waals surface area contributed by atoms with Gasteiger partial charge in [-0.3, -0.25) is 4.79 Å². The number of nitrogens with zero attached hydrogens (tertiary/aromatic N) is 5. The van der Waals surface area contributed by atoms with E-state index in [0.29, 0.717) is 35.6 Å². The summed E-state index contributed by atoms with van der Waals surface area (Å²) in [7, 11) is 0. The lowest BCUT2D eigenvalue weighted by atomic mass is 10.1. The first-order valence-corrected chi connectivity index (χ1v) is 10.2. The summed E-state index contributed by atoms with van der Waals surface area (Å²) in [6.07, 6.45) is 2.72. The summed E-state index contributed by atoms with van der Waals surface area (Å²) >= 11 is 0. The van der Waals surface area contributed by atoms with Crippen LogP contribution in [0.1, 0.15) is 41.8 Å². The molecule has 0 bridgehead atoms. The van der Waals surface area contributed by atoms with Crippen molar-refractivity contribution in [2.24, 2.45) is 0 Å². The highest BCUT2D eigenvalue weighted by atomic mass is 19.1. The van der Waals surface area contributed by atoms with E-state index in [1.54, 1.807) is 34.8 Å². The van der Waals surface area contributed by atoms with E-state index in [2.05, 4.69) is 20.7 Å². The Morgan fingerprint density at radius 3 is 2.80 bits per heavy atom. The van der Waals surface area contributed by atoms with Crippen molar-refractivity contribution in [2.75, 3.05) is 6.54 Å². The highest BCUT2D eigenvalue weighted by Gasteiger charge is 2.29. The van der Waals surface area contributed by atoms with Gasteiger partial charge in [0, 0.05) is 42.3 Å². The monoisotopic (exact) mass is 403 g/mol. The molecule has 4 aromatic rings. The molecule has 6 nitrogen and oxygen atoms in total. The van der Waals surface area contributed by atoms with Gasteiger partial charge in [0.15, 0.2) is 5.65 Å².